The summed E-state index contributed by atoms with van der Waals surface area (Å²) < 4.78 is 30.1. The van der Waals surface area contributed by atoms with Gasteiger partial charge in [-0.05, 0) is 30.7 Å². The van der Waals surface area contributed by atoms with E-state index < -0.39 is 16.1 Å². The van der Waals surface area contributed by atoms with Gasteiger partial charge in [-0.3, -0.25) is 0 Å². The maximum Gasteiger partial charge on any atom is 0.415 e. The number of amides is 1. The second-order valence-corrected chi connectivity index (χ2v) is 8.67. The van der Waals surface area contributed by atoms with Crippen molar-refractivity contribution < 1.29 is 17.9 Å². The number of carbonyl (C=O) groups excluding carboxylic acids is 1. The number of rotatable bonds is 6. The second kappa shape index (κ2) is 9.55. The lowest BCUT2D eigenvalue weighted by atomic mass is 10.2. The minimum Gasteiger partial charge on any atom is -0.409 e. The number of halogens is 1. The van der Waals surface area contributed by atoms with Gasteiger partial charge < -0.3 is 15.0 Å². The molecule has 29 heavy (non-hydrogen) atoms. The summed E-state index contributed by atoms with van der Waals surface area (Å²) in [6.07, 6.45) is -0.460. The lowest BCUT2D eigenvalue weighted by molar-refractivity contribution is 0.146. The van der Waals surface area contributed by atoms with Crippen molar-refractivity contribution in [3.05, 3.63) is 58.6 Å². The smallest absolute Gasteiger partial charge is 0.409 e. The molecule has 3 rings (SSSR count). The molecule has 0 bridgehead atoms. The zero-order chi connectivity index (χ0) is 20.9. The number of benzene rings is 2. The first-order valence-corrected chi connectivity index (χ1v) is 11.0. The lowest BCUT2D eigenvalue weighted by Crippen LogP contribution is -2.47. The molecule has 0 aliphatic carbocycles. The minimum absolute atomic E-state index is 0.114. The summed E-state index contributed by atoms with van der Waals surface area (Å²) in [4.78, 5) is 16.3. The molecule has 0 unspecified atom stereocenters. The van der Waals surface area contributed by atoms with E-state index in [1.165, 1.54) is 12.1 Å². The summed E-state index contributed by atoms with van der Waals surface area (Å²) in [6.45, 7) is 4.56. The Morgan fingerprint density at radius 1 is 1.17 bits per heavy atom. The monoisotopic (exact) mass is 438 g/mol. The number of piperazine rings is 1. The molecule has 156 valence electrons. The Bertz CT molecular complexity index is 961. The number of hydrogen-bond acceptors (Lipinski definition) is 6. The predicted octanol–water partition coefficient (Wildman–Crippen LogP) is 2.04. The van der Waals surface area contributed by atoms with Crippen LogP contribution in [0.2, 0.25) is 5.02 Å². The van der Waals surface area contributed by atoms with Crippen LogP contribution in [-0.4, -0.2) is 45.6 Å². The van der Waals surface area contributed by atoms with Gasteiger partial charge in [0.15, 0.2) is 5.75 Å². The van der Waals surface area contributed by atoms with Gasteiger partial charge in [-0.25, -0.2) is 18.6 Å². The molecule has 8 nitrogen and oxygen atoms in total. The van der Waals surface area contributed by atoms with Crippen LogP contribution in [0.4, 0.5) is 4.79 Å². The molecule has 2 aromatic carbocycles. The van der Waals surface area contributed by atoms with Crippen LogP contribution in [-0.2, 0) is 16.6 Å². The number of ether oxygens (including phenoxy) is 1. The molecule has 3 N–H and O–H groups in total. The first-order valence-electron chi connectivity index (χ1n) is 9.13. The quantitative estimate of drug-likeness (QED) is 0.597. The van der Waals surface area contributed by atoms with E-state index in [9.17, 15) is 13.2 Å². The zero-order valence-electron chi connectivity index (χ0n) is 15.9. The van der Waals surface area contributed by atoms with E-state index in [1.807, 2.05) is 6.92 Å². The summed E-state index contributed by atoms with van der Waals surface area (Å²) in [5.41, 5.74) is 4.21. The van der Waals surface area contributed by atoms with Gasteiger partial charge >= 0.3 is 6.09 Å². The van der Waals surface area contributed by atoms with Crippen LogP contribution in [0.25, 0.3) is 0 Å². The molecule has 0 aromatic heterocycles. The highest BCUT2D eigenvalue weighted by Gasteiger charge is 2.20. The lowest BCUT2D eigenvalue weighted by Gasteiger charge is -2.26. The fourth-order valence-electron chi connectivity index (χ4n) is 2.78. The van der Waals surface area contributed by atoms with Gasteiger partial charge in [0, 0.05) is 32.7 Å². The molecular weight excluding hydrogens is 416 g/mol. The van der Waals surface area contributed by atoms with E-state index >= 15 is 0 Å². The molecule has 1 aliphatic heterocycles. The van der Waals surface area contributed by atoms with Gasteiger partial charge in [0.25, 0.3) is 10.0 Å². The average molecular weight is 439 g/mol. The SMILES string of the molecule is Cc1ccc(S(=O)(=O)NNCc2cccc(OC(=O)N3CCNCC3)c2Cl)cc1. The highest BCUT2D eigenvalue weighted by Crippen LogP contribution is 2.28. The number of nitrogens with zero attached hydrogens (tertiary/aromatic N) is 1. The van der Waals surface area contributed by atoms with Crippen molar-refractivity contribution in [2.75, 3.05) is 26.2 Å². The summed E-state index contributed by atoms with van der Waals surface area (Å²) in [7, 11) is -3.71. The summed E-state index contributed by atoms with van der Waals surface area (Å²) in [5, 5.41) is 3.41. The molecule has 0 saturated carbocycles. The first kappa shape index (κ1) is 21.5. The van der Waals surface area contributed by atoms with Gasteiger partial charge in [0.2, 0.25) is 0 Å². The Labute approximate surface area is 175 Å². The highest BCUT2D eigenvalue weighted by molar-refractivity contribution is 7.89. The van der Waals surface area contributed by atoms with Crippen molar-refractivity contribution in [3.8, 4) is 5.75 Å². The van der Waals surface area contributed by atoms with E-state index in [-0.39, 0.29) is 22.2 Å². The van der Waals surface area contributed by atoms with Crippen molar-refractivity contribution >= 4 is 27.7 Å². The Morgan fingerprint density at radius 2 is 1.86 bits per heavy atom. The maximum atomic E-state index is 12.3. The molecule has 1 amide bonds. The van der Waals surface area contributed by atoms with E-state index in [0.717, 1.165) is 5.56 Å². The molecule has 1 heterocycles. The van der Waals surface area contributed by atoms with Crippen LogP contribution < -0.4 is 20.3 Å². The largest absolute Gasteiger partial charge is 0.415 e. The van der Waals surface area contributed by atoms with Gasteiger partial charge in [-0.2, -0.15) is 0 Å². The van der Waals surface area contributed by atoms with Crippen LogP contribution in [0.5, 0.6) is 5.75 Å². The van der Waals surface area contributed by atoms with Crippen molar-refractivity contribution in [1.82, 2.24) is 20.5 Å². The van der Waals surface area contributed by atoms with Crippen LogP contribution in [0.15, 0.2) is 47.4 Å². The maximum absolute atomic E-state index is 12.3. The third-order valence-corrected chi connectivity index (χ3v) is 6.17. The summed E-state index contributed by atoms with van der Waals surface area (Å²) >= 11 is 6.35. The number of hydrogen-bond donors (Lipinski definition) is 3. The molecule has 2 aromatic rings. The zero-order valence-corrected chi connectivity index (χ0v) is 17.5. The number of nitrogens with one attached hydrogen (secondary N) is 3. The standard InChI is InChI=1S/C19H23ClN4O4S/c1-14-5-7-16(8-6-14)29(26,27)23-22-13-15-3-2-4-17(18(15)20)28-19(25)24-11-9-21-10-12-24/h2-8,21-23H,9-13H2,1H3. The fraction of sp³-hybridized carbons (Fsp3) is 0.316. The molecule has 1 aliphatic rings. The Kier molecular flexibility index (Phi) is 7.09. The minimum atomic E-state index is -3.71. The van der Waals surface area contributed by atoms with Crippen LogP contribution in [0.1, 0.15) is 11.1 Å². The highest BCUT2D eigenvalue weighted by atomic mass is 35.5. The van der Waals surface area contributed by atoms with Crippen molar-refractivity contribution in [2.45, 2.75) is 18.4 Å². The van der Waals surface area contributed by atoms with Crippen LogP contribution in [0, 0.1) is 6.92 Å². The molecule has 0 spiro atoms. The van der Waals surface area contributed by atoms with E-state index in [2.05, 4.69) is 15.6 Å². The second-order valence-electron chi connectivity index (χ2n) is 6.61. The number of carbonyl (C=O) groups is 1. The van der Waals surface area contributed by atoms with Gasteiger partial charge in [0.05, 0.1) is 9.92 Å². The molecular formula is C19H23ClN4O4S. The number of hydrazine groups is 1. The number of sulfonamides is 1. The van der Waals surface area contributed by atoms with E-state index in [4.69, 9.17) is 16.3 Å². The third kappa shape index (κ3) is 5.68. The third-order valence-electron chi connectivity index (χ3n) is 4.43. The number of aryl methyl sites for hydroxylation is 1. The van der Waals surface area contributed by atoms with Crippen LogP contribution >= 0.6 is 11.6 Å². The Morgan fingerprint density at radius 3 is 2.55 bits per heavy atom. The normalized spacial score (nSPS) is 14.6. The molecule has 10 heteroatoms. The van der Waals surface area contributed by atoms with Gasteiger partial charge in [0.1, 0.15) is 0 Å². The molecule has 0 atom stereocenters. The van der Waals surface area contributed by atoms with Crippen molar-refractivity contribution in [2.24, 2.45) is 0 Å². The van der Waals surface area contributed by atoms with Crippen molar-refractivity contribution in [1.29, 1.82) is 0 Å². The summed E-state index contributed by atoms with van der Waals surface area (Å²) in [6, 6.07) is 11.5. The average Bonchev–Trinajstić information content (AvgIpc) is 2.71. The predicted molar refractivity (Wildman–Crippen MR) is 110 cm³/mol. The Hall–Kier alpha value is -2.17. The summed E-state index contributed by atoms with van der Waals surface area (Å²) in [5.74, 6) is 0.232. The first-order chi connectivity index (χ1) is 13.9. The van der Waals surface area contributed by atoms with Crippen LogP contribution in [0.3, 0.4) is 0 Å². The van der Waals surface area contributed by atoms with E-state index in [0.29, 0.717) is 31.7 Å². The van der Waals surface area contributed by atoms with Gasteiger partial charge in [-0.1, -0.05) is 41.4 Å². The van der Waals surface area contributed by atoms with Gasteiger partial charge in [-0.15, -0.1) is 4.83 Å². The Balaban J connectivity index is 1.60. The molecule has 0 radical (unpaired) electrons. The fourth-order valence-corrected chi connectivity index (χ4v) is 3.89. The van der Waals surface area contributed by atoms with E-state index in [1.54, 1.807) is 35.2 Å². The molecule has 1 fully saturated rings. The van der Waals surface area contributed by atoms with Crippen molar-refractivity contribution in [3.63, 3.8) is 0 Å². The molecule has 1 saturated heterocycles. The topological polar surface area (TPSA) is 99.8 Å².